The number of carbonyl (C=O) groups is 1. The highest BCUT2D eigenvalue weighted by molar-refractivity contribution is 5.81. The summed E-state index contributed by atoms with van der Waals surface area (Å²) in [5.41, 5.74) is 0. The summed E-state index contributed by atoms with van der Waals surface area (Å²) >= 11 is 0. The molecule has 0 aromatic heterocycles. The number of unbranched alkanes of at least 4 members (excludes halogenated alkanes) is 13. The summed E-state index contributed by atoms with van der Waals surface area (Å²) in [5, 5.41) is 46.8. The van der Waals surface area contributed by atoms with Crippen molar-refractivity contribution in [3.8, 4) is 0 Å². The van der Waals surface area contributed by atoms with Gasteiger partial charge in [0.25, 0.3) is 0 Å². The predicted octanol–water partition coefficient (Wildman–Crippen LogP) is 3.00. The average molecular weight is 447 g/mol. The Morgan fingerprint density at radius 3 is 1.68 bits per heavy atom. The Morgan fingerprint density at radius 1 is 0.742 bits per heavy atom. The van der Waals surface area contributed by atoms with Crippen molar-refractivity contribution in [3.63, 3.8) is 0 Å². The van der Waals surface area contributed by atoms with E-state index in [-0.39, 0.29) is 0 Å². The van der Waals surface area contributed by atoms with Crippen LogP contribution < -0.4 is 0 Å². The Labute approximate surface area is 188 Å². The average Bonchev–Trinajstić information content (AvgIpc) is 2.78. The van der Waals surface area contributed by atoms with Gasteiger partial charge in [0.05, 0.1) is 6.61 Å². The second-order valence-corrected chi connectivity index (χ2v) is 8.36. The number of hydrogen-bond donors (Lipinski definition) is 5. The normalized spacial score (nSPS) is 15.7. The van der Waals surface area contributed by atoms with E-state index in [0.29, 0.717) is 0 Å². The van der Waals surface area contributed by atoms with Gasteiger partial charge >= 0.3 is 5.97 Å². The number of esters is 1. The maximum atomic E-state index is 11.6. The van der Waals surface area contributed by atoms with E-state index in [2.05, 4.69) is 6.92 Å². The largest absolute Gasteiger partial charge is 0.460 e. The molecule has 0 aliphatic heterocycles. The molecular weight excluding hydrogens is 400 g/mol. The first-order valence-electron chi connectivity index (χ1n) is 12.1. The van der Waals surface area contributed by atoms with E-state index in [9.17, 15) is 25.2 Å². The molecule has 7 nitrogen and oxygen atoms in total. The highest BCUT2D eigenvalue weighted by atomic mass is 16.5. The summed E-state index contributed by atoms with van der Waals surface area (Å²) in [7, 11) is 0. The molecule has 0 aromatic rings. The summed E-state index contributed by atoms with van der Waals surface area (Å²) in [6, 6.07) is 0. The van der Waals surface area contributed by atoms with Crippen molar-refractivity contribution in [2.45, 2.75) is 121 Å². The number of aliphatic hydroxyl groups is 5. The zero-order valence-corrected chi connectivity index (χ0v) is 19.3. The zero-order valence-electron chi connectivity index (χ0n) is 19.3. The third kappa shape index (κ3) is 17.3. The van der Waals surface area contributed by atoms with Gasteiger partial charge in [0.2, 0.25) is 0 Å². The summed E-state index contributed by atoms with van der Waals surface area (Å²) in [5.74, 6) is -0.641. The molecule has 7 heteroatoms. The van der Waals surface area contributed by atoms with Crippen molar-refractivity contribution < 1.29 is 35.1 Å². The van der Waals surface area contributed by atoms with Crippen LogP contribution in [0, 0.1) is 0 Å². The van der Waals surface area contributed by atoms with Gasteiger partial charge in [-0.2, -0.15) is 0 Å². The first-order chi connectivity index (χ1) is 14.9. The second kappa shape index (κ2) is 20.9. The van der Waals surface area contributed by atoms with Crippen molar-refractivity contribution in [2.24, 2.45) is 0 Å². The third-order valence-electron chi connectivity index (χ3n) is 5.45. The monoisotopic (exact) mass is 446 g/mol. The van der Waals surface area contributed by atoms with Gasteiger partial charge in [0.1, 0.15) is 31.0 Å². The van der Waals surface area contributed by atoms with E-state index < -0.39 is 43.6 Å². The quantitative estimate of drug-likeness (QED) is 0.104. The maximum Gasteiger partial charge on any atom is 0.330 e. The van der Waals surface area contributed by atoms with Crippen molar-refractivity contribution in [3.05, 3.63) is 12.2 Å². The number of allylic oxidation sites excluding steroid dienone is 1. The van der Waals surface area contributed by atoms with E-state index in [1.807, 2.05) is 0 Å². The molecule has 0 heterocycles. The molecular formula is C24H46O7. The van der Waals surface area contributed by atoms with E-state index in [1.54, 1.807) is 6.08 Å². The van der Waals surface area contributed by atoms with Crippen molar-refractivity contribution >= 4 is 5.97 Å². The zero-order chi connectivity index (χ0) is 23.3. The van der Waals surface area contributed by atoms with Gasteiger partial charge in [-0.1, -0.05) is 90.0 Å². The van der Waals surface area contributed by atoms with Crippen LogP contribution in [0.15, 0.2) is 12.2 Å². The molecule has 0 fully saturated rings. The van der Waals surface area contributed by atoms with Gasteiger partial charge in [0.15, 0.2) is 0 Å². The van der Waals surface area contributed by atoms with Crippen molar-refractivity contribution in [1.29, 1.82) is 0 Å². The Morgan fingerprint density at radius 2 is 1.19 bits per heavy atom. The van der Waals surface area contributed by atoms with Gasteiger partial charge < -0.3 is 30.3 Å². The molecule has 0 amide bonds. The van der Waals surface area contributed by atoms with Crippen LogP contribution in [-0.2, 0) is 9.53 Å². The number of hydrogen-bond acceptors (Lipinski definition) is 7. The molecule has 0 saturated heterocycles. The minimum Gasteiger partial charge on any atom is -0.460 e. The summed E-state index contributed by atoms with van der Waals surface area (Å²) in [6.07, 6.45) is 14.0. The van der Waals surface area contributed by atoms with Crippen LogP contribution in [0.5, 0.6) is 0 Å². The minimum atomic E-state index is -1.73. The molecule has 184 valence electrons. The van der Waals surface area contributed by atoms with E-state index in [1.165, 1.54) is 76.7 Å². The molecule has 31 heavy (non-hydrogen) atoms. The highest BCUT2D eigenvalue weighted by Crippen LogP contribution is 2.13. The molecule has 0 rings (SSSR count). The topological polar surface area (TPSA) is 127 Å². The van der Waals surface area contributed by atoms with Gasteiger partial charge in [-0.3, -0.25) is 0 Å². The lowest BCUT2D eigenvalue weighted by Gasteiger charge is -2.25. The van der Waals surface area contributed by atoms with Crippen LogP contribution in [0.3, 0.4) is 0 Å². The lowest BCUT2D eigenvalue weighted by Crippen LogP contribution is -2.47. The number of aliphatic hydroxyl groups excluding tert-OH is 5. The third-order valence-corrected chi connectivity index (χ3v) is 5.45. The Hall–Kier alpha value is -0.990. The SMILES string of the molecule is CCCCCCCCCCCCCCC/C=C/C(=O)OC[C@@H](O)[C@@H](O)[C@H](O)[C@H](O)CO. The molecule has 5 N–H and O–H groups in total. The lowest BCUT2D eigenvalue weighted by molar-refractivity contribution is -0.151. The molecule has 0 saturated carbocycles. The highest BCUT2D eigenvalue weighted by Gasteiger charge is 2.30. The summed E-state index contributed by atoms with van der Waals surface area (Å²) in [6.45, 7) is 0.973. The van der Waals surface area contributed by atoms with Crippen molar-refractivity contribution in [2.75, 3.05) is 13.2 Å². The maximum absolute atomic E-state index is 11.6. The standard InChI is InChI=1S/C24H46O7/c1-2-3-4-5-6-7-8-9-10-11-12-13-14-15-16-17-22(28)31-19-21(27)24(30)23(29)20(26)18-25/h16-17,20-21,23-27,29-30H,2-15,18-19H2,1H3/b17-16+/t20-,21-,23-,24-/m1/s1. The first-order valence-corrected chi connectivity index (χ1v) is 12.1. The number of rotatable bonds is 21. The Bertz CT molecular complexity index is 442. The van der Waals surface area contributed by atoms with Crippen LogP contribution in [0.4, 0.5) is 0 Å². The van der Waals surface area contributed by atoms with E-state index in [4.69, 9.17) is 9.84 Å². The molecule has 0 radical (unpaired) electrons. The second-order valence-electron chi connectivity index (χ2n) is 8.36. The van der Waals surface area contributed by atoms with E-state index >= 15 is 0 Å². The molecule has 0 unspecified atom stereocenters. The lowest BCUT2D eigenvalue weighted by atomic mass is 10.0. The molecule has 4 atom stereocenters. The Balaban J connectivity index is 3.58. The Kier molecular flexibility index (Phi) is 20.2. The van der Waals surface area contributed by atoms with Crippen LogP contribution in [0.1, 0.15) is 96.8 Å². The summed E-state index contributed by atoms with van der Waals surface area (Å²) < 4.78 is 4.82. The first kappa shape index (κ1) is 30.0. The molecule has 0 spiro atoms. The van der Waals surface area contributed by atoms with Crippen LogP contribution >= 0.6 is 0 Å². The molecule has 0 aromatic carbocycles. The van der Waals surface area contributed by atoms with Crippen LogP contribution in [0.2, 0.25) is 0 Å². The molecule has 0 aliphatic carbocycles. The van der Waals surface area contributed by atoms with Gasteiger partial charge in [0, 0.05) is 6.08 Å². The smallest absolute Gasteiger partial charge is 0.330 e. The van der Waals surface area contributed by atoms with Crippen molar-refractivity contribution in [1.82, 2.24) is 0 Å². The van der Waals surface area contributed by atoms with Gasteiger partial charge in [-0.15, -0.1) is 0 Å². The molecule has 0 bridgehead atoms. The fraction of sp³-hybridized carbons (Fsp3) is 0.875. The fourth-order valence-electron chi connectivity index (χ4n) is 3.34. The van der Waals surface area contributed by atoms with Gasteiger partial charge in [-0.05, 0) is 12.8 Å². The molecule has 0 aliphatic rings. The number of carbonyl (C=O) groups excluding carboxylic acids is 1. The predicted molar refractivity (Wildman–Crippen MR) is 122 cm³/mol. The van der Waals surface area contributed by atoms with E-state index in [0.717, 1.165) is 19.3 Å². The minimum absolute atomic E-state index is 0.516. The van der Waals surface area contributed by atoms with Crippen LogP contribution in [-0.4, -0.2) is 69.1 Å². The fourth-order valence-corrected chi connectivity index (χ4v) is 3.34. The van der Waals surface area contributed by atoms with Gasteiger partial charge in [-0.25, -0.2) is 4.79 Å². The summed E-state index contributed by atoms with van der Waals surface area (Å²) in [4.78, 5) is 11.6. The number of ether oxygens (including phenoxy) is 1. The van der Waals surface area contributed by atoms with Crippen LogP contribution in [0.25, 0.3) is 0 Å².